The van der Waals surface area contributed by atoms with Gasteiger partial charge in [-0.2, -0.15) is 0 Å². The number of nitrogens with zero attached hydrogens (tertiary/aromatic N) is 3. The van der Waals surface area contributed by atoms with Crippen molar-refractivity contribution in [3.05, 3.63) is 53.5 Å². The molecule has 0 spiro atoms. The lowest BCUT2D eigenvalue weighted by Crippen LogP contribution is -2.32. The van der Waals surface area contributed by atoms with Gasteiger partial charge in [0, 0.05) is 30.9 Å². The van der Waals surface area contributed by atoms with Crippen LogP contribution in [0.1, 0.15) is 30.9 Å². The third-order valence-electron chi connectivity index (χ3n) is 3.53. The highest BCUT2D eigenvalue weighted by molar-refractivity contribution is 5.37. The highest BCUT2D eigenvalue weighted by atomic mass is 15.1. The quantitative estimate of drug-likeness (QED) is 0.851. The molecule has 2 aromatic rings. The van der Waals surface area contributed by atoms with Gasteiger partial charge in [0.2, 0.25) is 0 Å². The fraction of sp³-hybridized carbons (Fsp3) is 0.444. The summed E-state index contributed by atoms with van der Waals surface area (Å²) in [6.07, 6.45) is 0.931. The van der Waals surface area contributed by atoms with E-state index < -0.39 is 0 Å². The van der Waals surface area contributed by atoms with Crippen LogP contribution in [0.5, 0.6) is 0 Å². The van der Waals surface area contributed by atoms with Crippen LogP contribution in [-0.4, -0.2) is 34.5 Å². The molecule has 0 saturated heterocycles. The van der Waals surface area contributed by atoms with Crippen molar-refractivity contribution < 1.29 is 0 Å². The Labute approximate surface area is 133 Å². The highest BCUT2D eigenvalue weighted by Crippen LogP contribution is 2.10. The molecule has 1 aromatic carbocycles. The molecule has 1 N–H and O–H groups in total. The Hall–Kier alpha value is -1.94. The molecule has 2 rings (SSSR count). The van der Waals surface area contributed by atoms with Crippen LogP contribution in [0.2, 0.25) is 0 Å². The van der Waals surface area contributed by atoms with Crippen LogP contribution in [0.4, 0.5) is 5.82 Å². The van der Waals surface area contributed by atoms with E-state index in [1.807, 2.05) is 13.0 Å². The Bertz CT molecular complexity index is 583. The third kappa shape index (κ3) is 5.11. The normalized spacial score (nSPS) is 12.4. The van der Waals surface area contributed by atoms with Gasteiger partial charge in [-0.3, -0.25) is 0 Å². The first-order valence-electron chi connectivity index (χ1n) is 7.90. The van der Waals surface area contributed by atoms with Crippen LogP contribution in [0, 0.1) is 6.92 Å². The maximum Gasteiger partial charge on any atom is 0.130 e. The zero-order valence-corrected chi connectivity index (χ0v) is 14.0. The Balaban J connectivity index is 1.89. The summed E-state index contributed by atoms with van der Waals surface area (Å²) in [5, 5.41) is 3.48. The van der Waals surface area contributed by atoms with Crippen molar-refractivity contribution in [2.45, 2.75) is 39.8 Å². The second-order valence-electron chi connectivity index (χ2n) is 5.87. The van der Waals surface area contributed by atoms with E-state index in [2.05, 4.69) is 71.4 Å². The maximum atomic E-state index is 4.47. The summed E-state index contributed by atoms with van der Waals surface area (Å²) in [5.74, 6) is 1.75. The molecule has 1 unspecified atom stereocenters. The smallest absolute Gasteiger partial charge is 0.130 e. The summed E-state index contributed by atoms with van der Waals surface area (Å²) in [7, 11) is 2.15. The first kappa shape index (κ1) is 16.4. The monoisotopic (exact) mass is 298 g/mol. The number of benzene rings is 1. The highest BCUT2D eigenvalue weighted by Gasteiger charge is 2.09. The van der Waals surface area contributed by atoms with Crippen LogP contribution < -0.4 is 5.32 Å². The van der Waals surface area contributed by atoms with E-state index in [1.54, 1.807) is 0 Å². The number of aromatic nitrogens is 2. The molecule has 4 nitrogen and oxygen atoms in total. The van der Waals surface area contributed by atoms with Crippen molar-refractivity contribution in [1.29, 1.82) is 0 Å². The number of rotatable bonds is 7. The van der Waals surface area contributed by atoms with Gasteiger partial charge in [-0.25, -0.2) is 9.97 Å². The molecule has 1 heterocycles. The van der Waals surface area contributed by atoms with E-state index in [1.165, 1.54) is 5.56 Å². The molecule has 0 aliphatic heterocycles. The zero-order chi connectivity index (χ0) is 15.9. The number of aryl methyl sites for hydroxylation is 2. The fourth-order valence-electron chi connectivity index (χ4n) is 2.61. The largest absolute Gasteiger partial charge is 0.366 e. The number of anilines is 1. The molecule has 22 heavy (non-hydrogen) atoms. The van der Waals surface area contributed by atoms with Crippen molar-refractivity contribution >= 4 is 5.82 Å². The average Bonchev–Trinajstić information content (AvgIpc) is 2.47. The van der Waals surface area contributed by atoms with E-state index in [4.69, 9.17) is 0 Å². The molecule has 1 aromatic heterocycles. The lowest BCUT2D eigenvalue weighted by atomic mass is 10.2. The molecular formula is C18H26N4. The van der Waals surface area contributed by atoms with Crippen LogP contribution >= 0.6 is 0 Å². The SMILES string of the molecule is CCc1cc(NC(C)CN(C)Cc2ccccc2)nc(C)n1. The third-order valence-corrected chi connectivity index (χ3v) is 3.53. The molecule has 4 heteroatoms. The molecule has 0 saturated carbocycles. The predicted molar refractivity (Wildman–Crippen MR) is 92.0 cm³/mol. The van der Waals surface area contributed by atoms with Crippen LogP contribution in [0.15, 0.2) is 36.4 Å². The Morgan fingerprint density at radius 2 is 1.91 bits per heavy atom. The molecular weight excluding hydrogens is 272 g/mol. The van der Waals surface area contributed by atoms with Gasteiger partial charge in [0.15, 0.2) is 0 Å². The summed E-state index contributed by atoms with van der Waals surface area (Å²) in [6, 6.07) is 12.9. The second-order valence-corrected chi connectivity index (χ2v) is 5.87. The van der Waals surface area contributed by atoms with Gasteiger partial charge in [0.1, 0.15) is 11.6 Å². The number of hydrogen-bond donors (Lipinski definition) is 1. The molecule has 0 bridgehead atoms. The topological polar surface area (TPSA) is 41.0 Å². The van der Waals surface area contributed by atoms with Gasteiger partial charge in [0.05, 0.1) is 0 Å². The minimum absolute atomic E-state index is 0.327. The van der Waals surface area contributed by atoms with Crippen LogP contribution in [0.25, 0.3) is 0 Å². The molecule has 1 atom stereocenters. The van der Waals surface area contributed by atoms with Crippen molar-refractivity contribution in [3.63, 3.8) is 0 Å². The van der Waals surface area contributed by atoms with E-state index in [0.717, 1.165) is 36.8 Å². The molecule has 118 valence electrons. The van der Waals surface area contributed by atoms with Crippen molar-refractivity contribution in [1.82, 2.24) is 14.9 Å². The second kappa shape index (κ2) is 7.90. The first-order valence-corrected chi connectivity index (χ1v) is 7.90. The van der Waals surface area contributed by atoms with Gasteiger partial charge < -0.3 is 10.2 Å². The Kier molecular flexibility index (Phi) is 5.90. The summed E-state index contributed by atoms with van der Waals surface area (Å²) >= 11 is 0. The van der Waals surface area contributed by atoms with Gasteiger partial charge in [0.25, 0.3) is 0 Å². The lowest BCUT2D eigenvalue weighted by molar-refractivity contribution is 0.316. The van der Waals surface area contributed by atoms with Gasteiger partial charge >= 0.3 is 0 Å². The van der Waals surface area contributed by atoms with Gasteiger partial charge in [-0.15, -0.1) is 0 Å². The van der Waals surface area contributed by atoms with Crippen molar-refractivity contribution in [2.24, 2.45) is 0 Å². The fourth-order valence-corrected chi connectivity index (χ4v) is 2.61. The standard InChI is InChI=1S/C18H26N4/c1-5-17-11-18(21-15(3)20-17)19-14(2)12-22(4)13-16-9-7-6-8-10-16/h6-11,14H,5,12-13H2,1-4H3,(H,19,20,21). The summed E-state index contributed by atoms with van der Waals surface area (Å²) in [6.45, 7) is 8.15. The molecule has 0 radical (unpaired) electrons. The summed E-state index contributed by atoms with van der Waals surface area (Å²) in [4.78, 5) is 11.2. The number of likely N-dealkylation sites (N-methyl/N-ethyl adjacent to an activating group) is 1. The van der Waals surface area contributed by atoms with Gasteiger partial charge in [-0.1, -0.05) is 37.3 Å². The Morgan fingerprint density at radius 1 is 1.18 bits per heavy atom. The van der Waals surface area contributed by atoms with Crippen LogP contribution in [-0.2, 0) is 13.0 Å². The Morgan fingerprint density at radius 3 is 2.59 bits per heavy atom. The van der Waals surface area contributed by atoms with E-state index in [0.29, 0.717) is 6.04 Å². The minimum Gasteiger partial charge on any atom is -0.366 e. The number of hydrogen-bond acceptors (Lipinski definition) is 4. The minimum atomic E-state index is 0.327. The predicted octanol–water partition coefficient (Wildman–Crippen LogP) is 3.28. The molecule has 0 aliphatic rings. The number of nitrogens with one attached hydrogen (secondary N) is 1. The molecule has 0 aliphatic carbocycles. The van der Waals surface area contributed by atoms with Crippen LogP contribution in [0.3, 0.4) is 0 Å². The lowest BCUT2D eigenvalue weighted by Gasteiger charge is -2.23. The molecule has 0 fully saturated rings. The van der Waals surface area contributed by atoms with Crippen molar-refractivity contribution in [2.75, 3.05) is 18.9 Å². The summed E-state index contributed by atoms with van der Waals surface area (Å²) in [5.41, 5.74) is 2.42. The van der Waals surface area contributed by atoms with E-state index >= 15 is 0 Å². The molecule has 0 amide bonds. The zero-order valence-electron chi connectivity index (χ0n) is 14.0. The van der Waals surface area contributed by atoms with Gasteiger partial charge in [-0.05, 0) is 32.9 Å². The summed E-state index contributed by atoms with van der Waals surface area (Å²) < 4.78 is 0. The van der Waals surface area contributed by atoms with E-state index in [9.17, 15) is 0 Å². The first-order chi connectivity index (χ1) is 10.6. The maximum absolute atomic E-state index is 4.47. The van der Waals surface area contributed by atoms with Crippen molar-refractivity contribution in [3.8, 4) is 0 Å². The average molecular weight is 298 g/mol. The van der Waals surface area contributed by atoms with E-state index in [-0.39, 0.29) is 0 Å².